The predicted octanol–water partition coefficient (Wildman–Crippen LogP) is 4.37. The van der Waals surface area contributed by atoms with Gasteiger partial charge in [-0.3, -0.25) is 13.9 Å². The molecule has 1 fully saturated rings. The molecule has 1 N–H and O–H groups in total. The maximum absolute atomic E-state index is 13.5. The zero-order valence-electron chi connectivity index (χ0n) is 16.2. The van der Waals surface area contributed by atoms with Crippen molar-refractivity contribution in [1.82, 2.24) is 9.13 Å². The van der Waals surface area contributed by atoms with Gasteiger partial charge in [0.25, 0.3) is 0 Å². The van der Waals surface area contributed by atoms with Gasteiger partial charge in [-0.05, 0) is 48.7 Å². The average molecular weight is 398 g/mol. The number of anilines is 1. The SMILES string of the molecule is Cn1c(=O)n(C)c2cc(NC(=O)C3(c4cccc(Cl)c4)CCCCC3)ccc21. The molecule has 0 saturated heterocycles. The molecule has 0 aliphatic heterocycles. The molecule has 28 heavy (non-hydrogen) atoms. The molecule has 0 bridgehead atoms. The molecule has 5 nitrogen and oxygen atoms in total. The molecule has 1 amide bonds. The van der Waals surface area contributed by atoms with Crippen LogP contribution in [-0.2, 0) is 24.3 Å². The molecule has 0 radical (unpaired) electrons. The monoisotopic (exact) mass is 397 g/mol. The fourth-order valence-corrected chi connectivity index (χ4v) is 4.61. The van der Waals surface area contributed by atoms with Crippen molar-refractivity contribution in [3.05, 3.63) is 63.5 Å². The van der Waals surface area contributed by atoms with Crippen LogP contribution < -0.4 is 11.0 Å². The number of imidazole rings is 1. The molecule has 6 heteroatoms. The Morgan fingerprint density at radius 3 is 2.43 bits per heavy atom. The molecule has 146 valence electrons. The largest absolute Gasteiger partial charge is 0.328 e. The highest BCUT2D eigenvalue weighted by atomic mass is 35.5. The minimum absolute atomic E-state index is 0.00486. The van der Waals surface area contributed by atoms with Crippen LogP contribution in [0.5, 0.6) is 0 Å². The van der Waals surface area contributed by atoms with Crippen LogP contribution in [0.4, 0.5) is 5.69 Å². The fraction of sp³-hybridized carbons (Fsp3) is 0.364. The van der Waals surface area contributed by atoms with Gasteiger partial charge in [-0.2, -0.15) is 0 Å². The number of fused-ring (bicyclic) bond motifs is 1. The van der Waals surface area contributed by atoms with Crippen LogP contribution in [0.3, 0.4) is 0 Å². The number of aromatic nitrogens is 2. The number of nitrogens with one attached hydrogen (secondary N) is 1. The van der Waals surface area contributed by atoms with E-state index in [0.29, 0.717) is 10.7 Å². The Labute approximate surface area is 168 Å². The smallest absolute Gasteiger partial charge is 0.325 e. The molecule has 1 aliphatic carbocycles. The first kappa shape index (κ1) is 18.8. The molecule has 2 aromatic carbocycles. The Balaban J connectivity index is 1.71. The number of rotatable bonds is 3. The molecule has 4 rings (SSSR count). The highest BCUT2D eigenvalue weighted by Gasteiger charge is 2.41. The third kappa shape index (κ3) is 3.04. The van der Waals surface area contributed by atoms with E-state index in [9.17, 15) is 9.59 Å². The second-order valence-electron chi connectivity index (χ2n) is 7.71. The number of carbonyl (C=O) groups excluding carboxylic acids is 1. The molecular formula is C22H24ClN3O2. The summed E-state index contributed by atoms with van der Waals surface area (Å²) in [7, 11) is 3.49. The molecule has 1 heterocycles. The maximum Gasteiger partial charge on any atom is 0.328 e. The molecule has 1 aliphatic rings. The van der Waals surface area contributed by atoms with Crippen molar-refractivity contribution >= 4 is 34.2 Å². The quantitative estimate of drug-likeness (QED) is 0.713. The lowest BCUT2D eigenvalue weighted by molar-refractivity contribution is -0.122. The zero-order chi connectivity index (χ0) is 19.9. The number of hydrogen-bond acceptors (Lipinski definition) is 2. The van der Waals surface area contributed by atoms with E-state index < -0.39 is 5.41 Å². The van der Waals surface area contributed by atoms with Crippen LogP contribution in [-0.4, -0.2) is 15.0 Å². The predicted molar refractivity (Wildman–Crippen MR) is 113 cm³/mol. The van der Waals surface area contributed by atoms with E-state index in [4.69, 9.17) is 11.6 Å². The number of aryl methyl sites for hydroxylation is 2. The maximum atomic E-state index is 13.5. The summed E-state index contributed by atoms with van der Waals surface area (Å²) in [4.78, 5) is 25.6. The van der Waals surface area contributed by atoms with Crippen molar-refractivity contribution in [3.63, 3.8) is 0 Å². The van der Waals surface area contributed by atoms with Gasteiger partial charge in [-0.1, -0.05) is 43.0 Å². The van der Waals surface area contributed by atoms with Crippen LogP contribution in [0.15, 0.2) is 47.3 Å². The molecule has 0 unspecified atom stereocenters. The first-order valence-electron chi connectivity index (χ1n) is 9.65. The third-order valence-corrected chi connectivity index (χ3v) is 6.28. The Kier molecular flexibility index (Phi) is 4.79. The average Bonchev–Trinajstić information content (AvgIpc) is 2.92. The first-order valence-corrected chi connectivity index (χ1v) is 10.0. The molecule has 3 aromatic rings. The van der Waals surface area contributed by atoms with E-state index in [1.807, 2.05) is 42.5 Å². The Bertz CT molecular complexity index is 1110. The number of halogens is 1. The van der Waals surface area contributed by atoms with Crippen LogP contribution >= 0.6 is 11.6 Å². The normalized spacial score (nSPS) is 16.2. The van der Waals surface area contributed by atoms with E-state index in [1.165, 1.54) is 0 Å². The van der Waals surface area contributed by atoms with Gasteiger partial charge in [0.2, 0.25) is 5.91 Å². The van der Waals surface area contributed by atoms with Crippen LogP contribution in [0.1, 0.15) is 37.7 Å². The summed E-state index contributed by atoms with van der Waals surface area (Å²) in [5.41, 5.74) is 2.66. The summed E-state index contributed by atoms with van der Waals surface area (Å²) >= 11 is 6.22. The number of amides is 1. The topological polar surface area (TPSA) is 56.0 Å². The molecular weight excluding hydrogens is 374 g/mol. The second kappa shape index (κ2) is 7.13. The van der Waals surface area contributed by atoms with E-state index in [1.54, 1.807) is 23.2 Å². The second-order valence-corrected chi connectivity index (χ2v) is 8.15. The number of hydrogen-bond donors (Lipinski definition) is 1. The van der Waals surface area contributed by atoms with Gasteiger partial charge >= 0.3 is 5.69 Å². The van der Waals surface area contributed by atoms with E-state index >= 15 is 0 Å². The fourth-order valence-electron chi connectivity index (χ4n) is 4.42. The molecule has 0 spiro atoms. The van der Waals surface area contributed by atoms with Gasteiger partial charge in [0.1, 0.15) is 0 Å². The van der Waals surface area contributed by atoms with Crippen LogP contribution in [0.2, 0.25) is 5.02 Å². The van der Waals surface area contributed by atoms with Crippen molar-refractivity contribution in [3.8, 4) is 0 Å². The minimum atomic E-state index is -0.569. The number of carbonyl (C=O) groups is 1. The number of benzene rings is 2. The van der Waals surface area contributed by atoms with E-state index in [0.717, 1.165) is 48.7 Å². The highest BCUT2D eigenvalue weighted by Crippen LogP contribution is 2.41. The van der Waals surface area contributed by atoms with Gasteiger partial charge < -0.3 is 5.32 Å². The van der Waals surface area contributed by atoms with Gasteiger partial charge in [0.15, 0.2) is 0 Å². The Hall–Kier alpha value is -2.53. The van der Waals surface area contributed by atoms with E-state index in [-0.39, 0.29) is 11.6 Å². The lowest BCUT2D eigenvalue weighted by Crippen LogP contribution is -2.42. The zero-order valence-corrected chi connectivity index (χ0v) is 16.9. The summed E-state index contributed by atoms with van der Waals surface area (Å²) < 4.78 is 3.20. The standard InChI is InChI=1S/C22H24ClN3O2/c1-25-18-10-9-17(14-19(18)26(2)21(25)28)24-20(27)22(11-4-3-5-12-22)15-7-6-8-16(23)13-15/h6-10,13-14H,3-5,11-12H2,1-2H3,(H,24,27). The summed E-state index contributed by atoms with van der Waals surface area (Å²) in [5, 5.41) is 3.76. The van der Waals surface area contributed by atoms with Crippen molar-refractivity contribution in [1.29, 1.82) is 0 Å². The van der Waals surface area contributed by atoms with Gasteiger partial charge in [-0.25, -0.2) is 4.79 Å². The molecule has 1 aromatic heterocycles. The highest BCUT2D eigenvalue weighted by molar-refractivity contribution is 6.30. The lowest BCUT2D eigenvalue weighted by atomic mass is 9.68. The third-order valence-electron chi connectivity index (χ3n) is 6.05. The first-order chi connectivity index (χ1) is 13.4. The van der Waals surface area contributed by atoms with Crippen LogP contribution in [0.25, 0.3) is 11.0 Å². The van der Waals surface area contributed by atoms with Crippen molar-refractivity contribution in [2.45, 2.75) is 37.5 Å². The Morgan fingerprint density at radius 2 is 1.71 bits per heavy atom. The summed E-state index contributed by atoms with van der Waals surface area (Å²) in [6.07, 6.45) is 4.81. The van der Waals surface area contributed by atoms with Crippen molar-refractivity contribution in [2.24, 2.45) is 14.1 Å². The molecule has 1 saturated carbocycles. The van der Waals surface area contributed by atoms with E-state index in [2.05, 4.69) is 5.32 Å². The summed E-state index contributed by atoms with van der Waals surface area (Å²) in [6.45, 7) is 0. The Morgan fingerprint density at radius 1 is 1.00 bits per heavy atom. The van der Waals surface area contributed by atoms with Crippen molar-refractivity contribution < 1.29 is 4.79 Å². The summed E-state index contributed by atoms with van der Waals surface area (Å²) in [5.74, 6) is -0.00486. The van der Waals surface area contributed by atoms with Crippen molar-refractivity contribution in [2.75, 3.05) is 5.32 Å². The molecule has 0 atom stereocenters. The lowest BCUT2D eigenvalue weighted by Gasteiger charge is -2.36. The minimum Gasteiger partial charge on any atom is -0.325 e. The van der Waals surface area contributed by atoms with Gasteiger partial charge in [0.05, 0.1) is 16.4 Å². The summed E-state index contributed by atoms with van der Waals surface area (Å²) in [6, 6.07) is 13.3. The van der Waals surface area contributed by atoms with Crippen LogP contribution in [0, 0.1) is 0 Å². The van der Waals surface area contributed by atoms with Gasteiger partial charge in [0, 0.05) is 24.8 Å². The number of nitrogens with zero attached hydrogens (tertiary/aromatic N) is 2. The van der Waals surface area contributed by atoms with Gasteiger partial charge in [-0.15, -0.1) is 0 Å².